The van der Waals surface area contributed by atoms with Gasteiger partial charge in [-0.05, 0) is 23.7 Å². The van der Waals surface area contributed by atoms with E-state index in [1.165, 1.54) is 16.9 Å². The van der Waals surface area contributed by atoms with E-state index in [4.69, 9.17) is 4.74 Å². The highest BCUT2D eigenvalue weighted by Crippen LogP contribution is 2.27. The van der Waals surface area contributed by atoms with Gasteiger partial charge in [-0.2, -0.15) is 4.37 Å². The van der Waals surface area contributed by atoms with Crippen molar-refractivity contribution in [1.82, 2.24) is 9.69 Å². The SMILES string of the molecule is c1ccc2c(NCC3COCCN3)snc2c1. The van der Waals surface area contributed by atoms with Crippen LogP contribution in [0.3, 0.4) is 0 Å². The van der Waals surface area contributed by atoms with Gasteiger partial charge in [-0.15, -0.1) is 0 Å². The van der Waals surface area contributed by atoms with Crippen LogP contribution in [-0.2, 0) is 4.74 Å². The van der Waals surface area contributed by atoms with Gasteiger partial charge in [-0.1, -0.05) is 12.1 Å². The van der Waals surface area contributed by atoms with Gasteiger partial charge in [0.2, 0.25) is 0 Å². The van der Waals surface area contributed by atoms with E-state index in [0.717, 1.165) is 36.8 Å². The molecule has 5 heteroatoms. The standard InChI is InChI=1S/C12H15N3OS/c1-2-4-11-10(3-1)12(17-15-11)14-7-9-8-16-6-5-13-9/h1-4,9,13-14H,5-8H2. The summed E-state index contributed by atoms with van der Waals surface area (Å²) >= 11 is 1.52. The van der Waals surface area contributed by atoms with Crippen molar-refractivity contribution in [3.8, 4) is 0 Å². The number of hydrogen-bond donors (Lipinski definition) is 2. The molecule has 0 saturated carbocycles. The molecular weight excluding hydrogens is 234 g/mol. The maximum Gasteiger partial charge on any atom is 0.117 e. The highest BCUT2D eigenvalue weighted by molar-refractivity contribution is 7.11. The highest BCUT2D eigenvalue weighted by Gasteiger charge is 2.13. The highest BCUT2D eigenvalue weighted by atomic mass is 32.1. The molecule has 1 fully saturated rings. The molecule has 0 aliphatic carbocycles. The predicted molar refractivity (Wildman–Crippen MR) is 70.7 cm³/mol. The first kappa shape index (κ1) is 11.0. The van der Waals surface area contributed by atoms with Crippen molar-refractivity contribution < 1.29 is 4.74 Å². The first-order valence-corrected chi connectivity index (χ1v) is 6.60. The summed E-state index contributed by atoms with van der Waals surface area (Å²) in [5.41, 5.74) is 1.06. The van der Waals surface area contributed by atoms with Gasteiger partial charge in [0.05, 0.1) is 18.7 Å². The van der Waals surface area contributed by atoms with E-state index in [0.29, 0.717) is 6.04 Å². The summed E-state index contributed by atoms with van der Waals surface area (Å²) in [6, 6.07) is 8.60. The van der Waals surface area contributed by atoms with Gasteiger partial charge in [-0.3, -0.25) is 0 Å². The van der Waals surface area contributed by atoms with Crippen LogP contribution in [-0.4, -0.2) is 36.7 Å². The lowest BCUT2D eigenvalue weighted by Gasteiger charge is -2.23. The lowest BCUT2D eigenvalue weighted by Crippen LogP contribution is -2.45. The van der Waals surface area contributed by atoms with Gasteiger partial charge in [0, 0.05) is 24.5 Å². The monoisotopic (exact) mass is 249 g/mol. The van der Waals surface area contributed by atoms with E-state index in [1.807, 2.05) is 18.2 Å². The van der Waals surface area contributed by atoms with Crippen LogP contribution in [0.15, 0.2) is 24.3 Å². The Morgan fingerprint density at radius 1 is 1.47 bits per heavy atom. The molecule has 1 saturated heterocycles. The molecule has 1 aliphatic rings. The fourth-order valence-electron chi connectivity index (χ4n) is 1.98. The molecular formula is C12H15N3OS. The van der Waals surface area contributed by atoms with Crippen LogP contribution >= 0.6 is 11.5 Å². The van der Waals surface area contributed by atoms with E-state index in [1.54, 1.807) is 0 Å². The Labute approximate surface area is 104 Å². The number of ether oxygens (including phenoxy) is 1. The van der Waals surface area contributed by atoms with Gasteiger partial charge < -0.3 is 15.4 Å². The Morgan fingerprint density at radius 3 is 3.29 bits per heavy atom. The van der Waals surface area contributed by atoms with Crippen molar-refractivity contribution in [2.24, 2.45) is 0 Å². The third-order valence-electron chi connectivity index (χ3n) is 2.89. The Bertz CT molecular complexity index is 493. The first-order chi connectivity index (χ1) is 8.43. The van der Waals surface area contributed by atoms with Gasteiger partial charge in [0.15, 0.2) is 0 Å². The maximum absolute atomic E-state index is 5.42. The Hall–Kier alpha value is -1.17. The number of nitrogens with one attached hydrogen (secondary N) is 2. The lowest BCUT2D eigenvalue weighted by atomic mass is 10.2. The van der Waals surface area contributed by atoms with Gasteiger partial charge in [0.25, 0.3) is 0 Å². The van der Waals surface area contributed by atoms with Crippen LogP contribution in [0.5, 0.6) is 0 Å². The average molecular weight is 249 g/mol. The lowest BCUT2D eigenvalue weighted by molar-refractivity contribution is 0.0807. The second kappa shape index (κ2) is 5.00. The molecule has 17 heavy (non-hydrogen) atoms. The minimum Gasteiger partial charge on any atom is -0.378 e. The van der Waals surface area contributed by atoms with Crippen LogP contribution in [0.4, 0.5) is 5.00 Å². The molecule has 2 N–H and O–H groups in total. The van der Waals surface area contributed by atoms with Crippen molar-refractivity contribution >= 4 is 27.4 Å². The third kappa shape index (κ3) is 2.41. The molecule has 1 aliphatic heterocycles. The summed E-state index contributed by atoms with van der Waals surface area (Å²) in [6.45, 7) is 3.42. The number of hydrogen-bond acceptors (Lipinski definition) is 5. The number of morpholine rings is 1. The van der Waals surface area contributed by atoms with Gasteiger partial charge >= 0.3 is 0 Å². The molecule has 0 bridgehead atoms. The summed E-state index contributed by atoms with van der Waals surface area (Å²) in [4.78, 5) is 0. The molecule has 3 rings (SSSR count). The maximum atomic E-state index is 5.42. The number of rotatable bonds is 3. The quantitative estimate of drug-likeness (QED) is 0.869. The molecule has 1 atom stereocenters. The number of fused-ring (bicyclic) bond motifs is 1. The van der Waals surface area contributed by atoms with Crippen molar-refractivity contribution in [3.05, 3.63) is 24.3 Å². The van der Waals surface area contributed by atoms with E-state index in [9.17, 15) is 0 Å². The topological polar surface area (TPSA) is 46.2 Å². The van der Waals surface area contributed by atoms with Crippen LogP contribution in [0.25, 0.3) is 10.9 Å². The van der Waals surface area contributed by atoms with E-state index >= 15 is 0 Å². The zero-order valence-corrected chi connectivity index (χ0v) is 10.3. The van der Waals surface area contributed by atoms with Crippen LogP contribution in [0, 0.1) is 0 Å². The smallest absolute Gasteiger partial charge is 0.117 e. The number of nitrogens with zero attached hydrogens (tertiary/aromatic N) is 1. The van der Waals surface area contributed by atoms with Crippen molar-refractivity contribution in [3.63, 3.8) is 0 Å². The van der Waals surface area contributed by atoms with Crippen molar-refractivity contribution in [1.29, 1.82) is 0 Å². The second-order valence-corrected chi connectivity index (χ2v) is 4.91. The zero-order chi connectivity index (χ0) is 11.5. The van der Waals surface area contributed by atoms with Crippen molar-refractivity contribution in [2.75, 3.05) is 31.6 Å². The third-order valence-corrected chi connectivity index (χ3v) is 3.73. The number of aromatic nitrogens is 1. The fraction of sp³-hybridized carbons (Fsp3) is 0.417. The second-order valence-electron chi connectivity index (χ2n) is 4.14. The molecule has 0 radical (unpaired) electrons. The predicted octanol–water partition coefficient (Wildman–Crippen LogP) is 1.70. The first-order valence-electron chi connectivity index (χ1n) is 5.83. The average Bonchev–Trinajstić information content (AvgIpc) is 2.81. The Balaban J connectivity index is 1.68. The molecule has 1 aromatic carbocycles. The largest absolute Gasteiger partial charge is 0.378 e. The molecule has 1 aromatic heterocycles. The number of benzene rings is 1. The van der Waals surface area contributed by atoms with E-state index in [2.05, 4.69) is 21.1 Å². The Morgan fingerprint density at radius 2 is 2.41 bits per heavy atom. The molecule has 4 nitrogen and oxygen atoms in total. The van der Waals surface area contributed by atoms with Crippen LogP contribution in [0.1, 0.15) is 0 Å². The normalized spacial score (nSPS) is 20.6. The van der Waals surface area contributed by atoms with Gasteiger partial charge in [0.1, 0.15) is 5.00 Å². The summed E-state index contributed by atoms with van der Waals surface area (Å²) in [5.74, 6) is 0. The molecule has 0 spiro atoms. The van der Waals surface area contributed by atoms with Crippen LogP contribution < -0.4 is 10.6 Å². The molecule has 2 aromatic rings. The van der Waals surface area contributed by atoms with E-state index < -0.39 is 0 Å². The van der Waals surface area contributed by atoms with Gasteiger partial charge in [-0.25, -0.2) is 0 Å². The minimum atomic E-state index is 0.393. The number of anilines is 1. The Kier molecular flexibility index (Phi) is 3.22. The summed E-state index contributed by atoms with van der Waals surface area (Å²) < 4.78 is 9.83. The summed E-state index contributed by atoms with van der Waals surface area (Å²) in [6.07, 6.45) is 0. The molecule has 2 heterocycles. The van der Waals surface area contributed by atoms with Crippen LogP contribution in [0.2, 0.25) is 0 Å². The summed E-state index contributed by atoms with van der Waals surface area (Å²) in [5, 5.41) is 9.23. The molecule has 1 unspecified atom stereocenters. The van der Waals surface area contributed by atoms with E-state index in [-0.39, 0.29) is 0 Å². The van der Waals surface area contributed by atoms with Crippen molar-refractivity contribution in [2.45, 2.75) is 6.04 Å². The fourth-order valence-corrected chi connectivity index (χ4v) is 2.75. The zero-order valence-electron chi connectivity index (χ0n) is 9.48. The molecule has 0 amide bonds. The summed E-state index contributed by atoms with van der Waals surface area (Å²) in [7, 11) is 0. The minimum absolute atomic E-state index is 0.393. The molecule has 90 valence electrons.